The lowest BCUT2D eigenvalue weighted by Crippen LogP contribution is -2.16. The molecule has 2 N–H and O–H groups in total. The molecule has 120 valence electrons. The maximum atomic E-state index is 12.0. The second-order valence-corrected chi connectivity index (χ2v) is 4.60. The van der Waals surface area contributed by atoms with Crippen molar-refractivity contribution in [3.05, 3.63) is 17.7 Å². The summed E-state index contributed by atoms with van der Waals surface area (Å²) in [4.78, 5) is 0. The Bertz CT molecular complexity index is 425. The molecule has 7 heteroatoms. The SMILES string of the molecule is COc1cc(CNCCCCC(F)(F)F)cc(OC)c1O. The lowest BCUT2D eigenvalue weighted by atomic mass is 10.1. The molecule has 0 unspecified atom stereocenters. The maximum Gasteiger partial charge on any atom is 0.389 e. The molecule has 0 aromatic heterocycles. The summed E-state index contributed by atoms with van der Waals surface area (Å²) in [7, 11) is 2.87. The van der Waals surface area contributed by atoms with Crippen molar-refractivity contribution in [2.45, 2.75) is 32.0 Å². The van der Waals surface area contributed by atoms with Crippen LogP contribution in [0.1, 0.15) is 24.8 Å². The molecule has 0 heterocycles. The molecule has 0 aliphatic rings. The molecular formula is C14H20F3NO3. The van der Waals surface area contributed by atoms with Crippen molar-refractivity contribution in [2.75, 3.05) is 20.8 Å². The van der Waals surface area contributed by atoms with Crippen LogP contribution in [0.3, 0.4) is 0 Å². The van der Waals surface area contributed by atoms with Gasteiger partial charge < -0.3 is 19.9 Å². The number of unbranched alkanes of at least 4 members (excludes halogenated alkanes) is 1. The van der Waals surface area contributed by atoms with Crippen LogP contribution in [0.25, 0.3) is 0 Å². The van der Waals surface area contributed by atoms with Gasteiger partial charge in [-0.05, 0) is 37.1 Å². The van der Waals surface area contributed by atoms with Crippen LogP contribution in [0.15, 0.2) is 12.1 Å². The zero-order chi connectivity index (χ0) is 15.9. The van der Waals surface area contributed by atoms with Gasteiger partial charge in [-0.25, -0.2) is 0 Å². The summed E-state index contributed by atoms with van der Waals surface area (Å²) in [6.07, 6.45) is -4.28. The molecule has 0 radical (unpaired) electrons. The largest absolute Gasteiger partial charge is 0.502 e. The Morgan fingerprint density at radius 2 is 1.67 bits per heavy atom. The average Bonchev–Trinajstić information content (AvgIpc) is 2.42. The number of phenols is 1. The van der Waals surface area contributed by atoms with E-state index in [4.69, 9.17) is 9.47 Å². The first-order chi connectivity index (χ1) is 9.87. The van der Waals surface area contributed by atoms with Crippen LogP contribution in [-0.2, 0) is 6.54 Å². The van der Waals surface area contributed by atoms with E-state index in [1.165, 1.54) is 14.2 Å². The minimum atomic E-state index is -4.09. The van der Waals surface area contributed by atoms with Gasteiger partial charge in [0, 0.05) is 13.0 Å². The molecule has 0 bridgehead atoms. The Labute approximate surface area is 121 Å². The molecule has 0 atom stereocenters. The minimum Gasteiger partial charge on any atom is -0.502 e. The van der Waals surface area contributed by atoms with Gasteiger partial charge in [0.15, 0.2) is 11.5 Å². The van der Waals surface area contributed by atoms with Gasteiger partial charge in [0.25, 0.3) is 0 Å². The summed E-state index contributed by atoms with van der Waals surface area (Å²) in [5.41, 5.74) is 0.817. The van der Waals surface area contributed by atoms with E-state index in [0.717, 1.165) is 5.56 Å². The Kier molecular flexibility index (Phi) is 6.61. The monoisotopic (exact) mass is 307 g/mol. The summed E-state index contributed by atoms with van der Waals surface area (Å²) in [6.45, 7) is 0.945. The fourth-order valence-electron chi connectivity index (χ4n) is 1.86. The highest BCUT2D eigenvalue weighted by atomic mass is 19.4. The molecule has 1 aromatic carbocycles. The van der Waals surface area contributed by atoms with Crippen molar-refractivity contribution < 1.29 is 27.8 Å². The first-order valence-electron chi connectivity index (χ1n) is 6.58. The molecular weight excluding hydrogens is 287 g/mol. The average molecular weight is 307 g/mol. The smallest absolute Gasteiger partial charge is 0.389 e. The normalized spacial score (nSPS) is 11.5. The summed E-state index contributed by atoms with van der Waals surface area (Å²) >= 11 is 0. The Balaban J connectivity index is 2.42. The van der Waals surface area contributed by atoms with E-state index >= 15 is 0 Å². The van der Waals surface area contributed by atoms with Crippen molar-refractivity contribution >= 4 is 0 Å². The van der Waals surface area contributed by atoms with E-state index in [0.29, 0.717) is 31.0 Å². The third-order valence-corrected chi connectivity index (χ3v) is 2.93. The molecule has 0 saturated heterocycles. The molecule has 21 heavy (non-hydrogen) atoms. The quantitative estimate of drug-likeness (QED) is 0.724. The predicted molar refractivity (Wildman–Crippen MR) is 72.8 cm³/mol. The number of phenolic OH excluding ortho intramolecular Hbond substituents is 1. The van der Waals surface area contributed by atoms with Crippen molar-refractivity contribution in [1.82, 2.24) is 5.32 Å². The van der Waals surface area contributed by atoms with E-state index < -0.39 is 12.6 Å². The number of hydrogen-bond donors (Lipinski definition) is 2. The van der Waals surface area contributed by atoms with E-state index in [1.54, 1.807) is 12.1 Å². The van der Waals surface area contributed by atoms with E-state index in [1.807, 2.05) is 0 Å². The molecule has 0 saturated carbocycles. The van der Waals surface area contributed by atoms with Gasteiger partial charge in [-0.1, -0.05) is 0 Å². The number of halogens is 3. The van der Waals surface area contributed by atoms with Crippen LogP contribution in [0, 0.1) is 0 Å². The van der Waals surface area contributed by atoms with Gasteiger partial charge in [0.05, 0.1) is 14.2 Å². The zero-order valence-electron chi connectivity index (χ0n) is 12.1. The fraction of sp³-hybridized carbons (Fsp3) is 0.571. The molecule has 0 aliphatic carbocycles. The highest BCUT2D eigenvalue weighted by molar-refractivity contribution is 5.52. The van der Waals surface area contributed by atoms with Crippen molar-refractivity contribution in [3.63, 3.8) is 0 Å². The van der Waals surface area contributed by atoms with Gasteiger partial charge >= 0.3 is 6.18 Å². The second kappa shape index (κ2) is 7.97. The predicted octanol–water partition coefficient (Wildman–Crippen LogP) is 3.23. The maximum absolute atomic E-state index is 12.0. The van der Waals surface area contributed by atoms with Crippen LogP contribution in [0.4, 0.5) is 13.2 Å². The molecule has 0 spiro atoms. The van der Waals surface area contributed by atoms with Gasteiger partial charge in [0.2, 0.25) is 5.75 Å². The van der Waals surface area contributed by atoms with E-state index in [2.05, 4.69) is 5.32 Å². The summed E-state index contributed by atoms with van der Waals surface area (Å²) in [6, 6.07) is 3.31. The van der Waals surface area contributed by atoms with Gasteiger partial charge in [0.1, 0.15) is 0 Å². The highest BCUT2D eigenvalue weighted by Gasteiger charge is 2.25. The topological polar surface area (TPSA) is 50.7 Å². The van der Waals surface area contributed by atoms with Crippen LogP contribution < -0.4 is 14.8 Å². The molecule has 0 fully saturated rings. The van der Waals surface area contributed by atoms with Crippen LogP contribution in [0.5, 0.6) is 17.2 Å². The number of aromatic hydroxyl groups is 1. The van der Waals surface area contributed by atoms with Crippen LogP contribution in [-0.4, -0.2) is 32.0 Å². The first-order valence-corrected chi connectivity index (χ1v) is 6.58. The Morgan fingerprint density at radius 1 is 1.10 bits per heavy atom. The third-order valence-electron chi connectivity index (χ3n) is 2.93. The van der Waals surface area contributed by atoms with E-state index in [9.17, 15) is 18.3 Å². The summed E-state index contributed by atoms with van der Waals surface area (Å²) in [5.74, 6) is 0.514. The van der Waals surface area contributed by atoms with Crippen molar-refractivity contribution in [1.29, 1.82) is 0 Å². The van der Waals surface area contributed by atoms with Crippen LogP contribution in [0.2, 0.25) is 0 Å². The number of benzene rings is 1. The number of hydrogen-bond acceptors (Lipinski definition) is 4. The van der Waals surface area contributed by atoms with Gasteiger partial charge in [-0.3, -0.25) is 0 Å². The number of methoxy groups -OCH3 is 2. The zero-order valence-corrected chi connectivity index (χ0v) is 12.1. The summed E-state index contributed by atoms with van der Waals surface area (Å²) < 4.78 is 45.9. The lowest BCUT2D eigenvalue weighted by molar-refractivity contribution is -0.135. The Morgan fingerprint density at radius 3 is 2.14 bits per heavy atom. The lowest BCUT2D eigenvalue weighted by Gasteiger charge is -2.12. The van der Waals surface area contributed by atoms with Gasteiger partial charge in [-0.2, -0.15) is 13.2 Å². The third kappa shape index (κ3) is 6.12. The number of alkyl halides is 3. The second-order valence-electron chi connectivity index (χ2n) is 4.60. The van der Waals surface area contributed by atoms with Crippen molar-refractivity contribution in [2.24, 2.45) is 0 Å². The number of ether oxygens (including phenoxy) is 2. The fourth-order valence-corrected chi connectivity index (χ4v) is 1.86. The van der Waals surface area contributed by atoms with Crippen molar-refractivity contribution in [3.8, 4) is 17.2 Å². The van der Waals surface area contributed by atoms with Gasteiger partial charge in [-0.15, -0.1) is 0 Å². The minimum absolute atomic E-state index is 0.0751. The molecule has 0 amide bonds. The molecule has 4 nitrogen and oxygen atoms in total. The van der Waals surface area contributed by atoms with Crippen LogP contribution >= 0.6 is 0 Å². The number of rotatable bonds is 8. The highest BCUT2D eigenvalue weighted by Crippen LogP contribution is 2.37. The molecule has 1 aromatic rings. The standard InChI is InChI=1S/C14H20F3NO3/c1-20-11-7-10(8-12(21-2)13(11)19)9-18-6-4-3-5-14(15,16)17/h7-8,18-19H,3-6,9H2,1-2H3. The molecule has 0 aliphatic heterocycles. The number of nitrogens with one attached hydrogen (secondary N) is 1. The summed E-state index contributed by atoms with van der Waals surface area (Å²) in [5, 5.41) is 12.8. The van der Waals surface area contributed by atoms with E-state index in [-0.39, 0.29) is 12.2 Å². The Hall–Kier alpha value is -1.63. The first kappa shape index (κ1) is 17.4. The molecule has 1 rings (SSSR count).